The highest BCUT2D eigenvalue weighted by Gasteiger charge is 2.34. The number of nitrogens with two attached hydrogens (primary N) is 1. The van der Waals surface area contributed by atoms with Gasteiger partial charge in [-0.05, 0) is 12.1 Å². The zero-order chi connectivity index (χ0) is 14.2. The van der Waals surface area contributed by atoms with Crippen LogP contribution in [0.3, 0.4) is 0 Å². The monoisotopic (exact) mass is 287 g/mol. The van der Waals surface area contributed by atoms with Crippen molar-refractivity contribution in [3.05, 3.63) is 40.8 Å². The van der Waals surface area contributed by atoms with Crippen LogP contribution in [0.15, 0.2) is 30.3 Å². The van der Waals surface area contributed by atoms with E-state index in [0.717, 1.165) is 17.4 Å². The van der Waals surface area contributed by atoms with E-state index in [-0.39, 0.29) is 21.0 Å². The lowest BCUT2D eigenvalue weighted by atomic mass is 10.1. The number of carboxylic acid groups (broad SMARTS) is 1. The van der Waals surface area contributed by atoms with Gasteiger partial charge in [-0.3, -0.25) is 0 Å². The van der Waals surface area contributed by atoms with E-state index in [1.54, 1.807) is 0 Å². The maximum Gasteiger partial charge on any atom is 0.417 e. The molecule has 0 aliphatic heterocycles. The van der Waals surface area contributed by atoms with Crippen LogP contribution in [0, 0.1) is 0 Å². The number of alkyl halides is 3. The van der Waals surface area contributed by atoms with Crippen molar-refractivity contribution >= 4 is 23.0 Å². The Morgan fingerprint density at radius 1 is 1.26 bits per heavy atom. The Labute approximate surface area is 110 Å². The molecule has 100 valence electrons. The molecule has 2 rings (SSSR count). The van der Waals surface area contributed by atoms with E-state index in [9.17, 15) is 18.0 Å². The summed E-state index contributed by atoms with van der Waals surface area (Å²) in [6, 6.07) is 6.23. The number of carboxylic acids is 1. The van der Waals surface area contributed by atoms with Gasteiger partial charge < -0.3 is 10.8 Å². The summed E-state index contributed by atoms with van der Waals surface area (Å²) in [6.45, 7) is 0. The predicted octanol–water partition coefficient (Wildman–Crippen LogP) is 3.71. The molecule has 0 bridgehead atoms. The van der Waals surface area contributed by atoms with Gasteiger partial charge in [0.1, 0.15) is 4.88 Å². The van der Waals surface area contributed by atoms with Crippen molar-refractivity contribution in [2.75, 3.05) is 5.73 Å². The van der Waals surface area contributed by atoms with Crippen LogP contribution in [-0.2, 0) is 6.18 Å². The van der Waals surface area contributed by atoms with Crippen LogP contribution in [0.25, 0.3) is 10.4 Å². The molecule has 0 fully saturated rings. The number of carbonyl (C=O) groups is 1. The maximum atomic E-state index is 12.9. The zero-order valence-corrected chi connectivity index (χ0v) is 10.2. The lowest BCUT2D eigenvalue weighted by Gasteiger charge is -2.10. The lowest BCUT2D eigenvalue weighted by Crippen LogP contribution is -2.06. The van der Waals surface area contributed by atoms with Crippen molar-refractivity contribution in [1.29, 1.82) is 0 Å². The fourth-order valence-electron chi connectivity index (χ4n) is 1.65. The molecular formula is C12H8F3NO2S. The van der Waals surface area contributed by atoms with Crippen LogP contribution in [-0.4, -0.2) is 11.1 Å². The fourth-order valence-corrected chi connectivity index (χ4v) is 2.61. The van der Waals surface area contributed by atoms with Crippen molar-refractivity contribution in [1.82, 2.24) is 0 Å². The molecule has 0 spiro atoms. The molecule has 1 aromatic heterocycles. The minimum atomic E-state index is -4.50. The van der Waals surface area contributed by atoms with Crippen molar-refractivity contribution in [3.63, 3.8) is 0 Å². The molecule has 0 radical (unpaired) electrons. The van der Waals surface area contributed by atoms with Crippen LogP contribution >= 0.6 is 11.3 Å². The quantitative estimate of drug-likeness (QED) is 0.885. The van der Waals surface area contributed by atoms with Gasteiger partial charge in [0.25, 0.3) is 0 Å². The minimum absolute atomic E-state index is 0.0375. The van der Waals surface area contributed by atoms with Crippen molar-refractivity contribution in [2.45, 2.75) is 6.18 Å². The summed E-state index contributed by atoms with van der Waals surface area (Å²) in [7, 11) is 0. The molecule has 2 aromatic rings. The second kappa shape index (κ2) is 4.58. The number of hydrogen-bond donors (Lipinski definition) is 2. The Morgan fingerprint density at radius 2 is 1.89 bits per heavy atom. The van der Waals surface area contributed by atoms with E-state index < -0.39 is 17.7 Å². The molecule has 0 aliphatic carbocycles. The second-order valence-corrected chi connectivity index (χ2v) is 4.80. The fraction of sp³-hybridized carbons (Fsp3) is 0.0833. The smallest absolute Gasteiger partial charge is 0.417 e. The average Bonchev–Trinajstić information content (AvgIpc) is 2.70. The first-order valence-corrected chi connectivity index (χ1v) is 5.91. The Balaban J connectivity index is 2.60. The van der Waals surface area contributed by atoms with Crippen LogP contribution in [0.2, 0.25) is 0 Å². The number of thiophene rings is 1. The summed E-state index contributed by atoms with van der Waals surface area (Å²) in [5, 5.41) is 8.86. The average molecular weight is 287 g/mol. The molecule has 7 heteroatoms. The Bertz CT molecular complexity index is 634. The van der Waals surface area contributed by atoms with Crippen LogP contribution in [0.5, 0.6) is 0 Å². The molecule has 0 unspecified atom stereocenters. The first kappa shape index (κ1) is 13.4. The van der Waals surface area contributed by atoms with Gasteiger partial charge in [-0.1, -0.05) is 18.2 Å². The van der Waals surface area contributed by atoms with Gasteiger partial charge in [0.15, 0.2) is 0 Å². The number of nitrogen functional groups attached to an aromatic ring is 1. The highest BCUT2D eigenvalue weighted by molar-refractivity contribution is 7.18. The standard InChI is InChI=1S/C12H8F3NO2S/c13-12(14,15)7-4-2-1-3-6(7)9-5-8(16)10(19-9)11(17)18/h1-5H,16H2,(H,17,18). The van der Waals surface area contributed by atoms with Gasteiger partial charge >= 0.3 is 12.1 Å². The first-order valence-electron chi connectivity index (χ1n) is 5.10. The number of hydrogen-bond acceptors (Lipinski definition) is 3. The van der Waals surface area contributed by atoms with Gasteiger partial charge in [-0.15, -0.1) is 11.3 Å². The van der Waals surface area contributed by atoms with Gasteiger partial charge in [0, 0.05) is 10.4 Å². The summed E-state index contributed by atoms with van der Waals surface area (Å²) in [4.78, 5) is 10.9. The summed E-state index contributed by atoms with van der Waals surface area (Å²) in [5.74, 6) is -1.25. The molecule has 0 amide bonds. The topological polar surface area (TPSA) is 63.3 Å². The third kappa shape index (κ3) is 2.55. The van der Waals surface area contributed by atoms with E-state index in [4.69, 9.17) is 10.8 Å². The second-order valence-electron chi connectivity index (χ2n) is 3.74. The van der Waals surface area contributed by atoms with Crippen LogP contribution < -0.4 is 5.73 Å². The molecule has 0 atom stereocenters. The van der Waals surface area contributed by atoms with E-state index in [2.05, 4.69) is 0 Å². The molecule has 0 saturated carbocycles. The Kier molecular flexibility index (Phi) is 3.23. The summed E-state index contributed by atoms with van der Waals surface area (Å²) < 4.78 is 38.6. The number of halogens is 3. The molecule has 19 heavy (non-hydrogen) atoms. The Morgan fingerprint density at radius 3 is 2.42 bits per heavy atom. The number of aromatic carboxylic acids is 1. The highest BCUT2D eigenvalue weighted by Crippen LogP contribution is 2.41. The van der Waals surface area contributed by atoms with Crippen LogP contribution in [0.4, 0.5) is 18.9 Å². The molecule has 1 heterocycles. The number of anilines is 1. The summed E-state index contributed by atoms with van der Waals surface area (Å²) in [6.07, 6.45) is -4.50. The van der Waals surface area contributed by atoms with Gasteiger partial charge in [-0.25, -0.2) is 4.79 Å². The molecule has 1 aromatic carbocycles. The molecule has 3 nitrogen and oxygen atoms in total. The summed E-state index contributed by atoms with van der Waals surface area (Å²) >= 11 is 0.726. The Hall–Kier alpha value is -2.02. The predicted molar refractivity (Wildman–Crippen MR) is 66.1 cm³/mol. The first-order chi connectivity index (χ1) is 8.80. The molecule has 0 saturated heterocycles. The zero-order valence-electron chi connectivity index (χ0n) is 9.36. The summed E-state index contributed by atoms with van der Waals surface area (Å²) in [5.41, 5.74) is 4.57. The third-order valence-corrected chi connectivity index (χ3v) is 3.63. The highest BCUT2D eigenvalue weighted by atomic mass is 32.1. The largest absolute Gasteiger partial charge is 0.477 e. The van der Waals surface area contributed by atoms with Crippen LogP contribution in [0.1, 0.15) is 15.2 Å². The van der Waals surface area contributed by atoms with E-state index >= 15 is 0 Å². The lowest BCUT2D eigenvalue weighted by molar-refractivity contribution is -0.137. The van der Waals surface area contributed by atoms with E-state index in [0.29, 0.717) is 0 Å². The van der Waals surface area contributed by atoms with Crippen molar-refractivity contribution in [3.8, 4) is 10.4 Å². The van der Waals surface area contributed by atoms with Crippen molar-refractivity contribution in [2.24, 2.45) is 0 Å². The third-order valence-electron chi connectivity index (χ3n) is 2.45. The van der Waals surface area contributed by atoms with E-state index in [1.165, 1.54) is 24.3 Å². The van der Waals surface area contributed by atoms with Gasteiger partial charge in [0.2, 0.25) is 0 Å². The minimum Gasteiger partial charge on any atom is -0.477 e. The van der Waals surface area contributed by atoms with Gasteiger partial charge in [0.05, 0.1) is 11.3 Å². The SMILES string of the molecule is Nc1cc(-c2ccccc2C(F)(F)F)sc1C(=O)O. The van der Waals surface area contributed by atoms with Crippen molar-refractivity contribution < 1.29 is 23.1 Å². The number of benzene rings is 1. The normalized spacial score (nSPS) is 11.5. The van der Waals surface area contributed by atoms with Gasteiger partial charge in [-0.2, -0.15) is 13.2 Å². The number of rotatable bonds is 2. The van der Waals surface area contributed by atoms with E-state index in [1.807, 2.05) is 0 Å². The maximum absolute atomic E-state index is 12.9. The molecule has 0 aliphatic rings. The molecular weight excluding hydrogens is 279 g/mol. The molecule has 3 N–H and O–H groups in total.